The molecule has 0 bridgehead atoms. The fraction of sp³-hybridized carbons (Fsp3) is 0.545. The highest BCUT2D eigenvalue weighted by atomic mass is 35.5. The predicted octanol–water partition coefficient (Wildman–Crippen LogP) is 2.68. The van der Waals surface area contributed by atoms with Gasteiger partial charge >= 0.3 is 0 Å². The standard InChI is InChI=1S/C11H14ClNO2/c12-11-4-3-10(8-13-11)15-7-5-9-2-1-6-14-9/h3-4,8-9H,1-2,5-7H2. The summed E-state index contributed by atoms with van der Waals surface area (Å²) in [5.74, 6) is 0.761. The average molecular weight is 228 g/mol. The minimum atomic E-state index is 0.380. The fourth-order valence-electron chi connectivity index (χ4n) is 1.63. The normalized spacial score (nSPS) is 20.5. The van der Waals surface area contributed by atoms with Crippen LogP contribution in [0.5, 0.6) is 5.75 Å². The van der Waals surface area contributed by atoms with Gasteiger partial charge in [-0.15, -0.1) is 0 Å². The molecular weight excluding hydrogens is 214 g/mol. The van der Waals surface area contributed by atoms with Crippen LogP contribution in [0.25, 0.3) is 0 Å². The first-order valence-electron chi connectivity index (χ1n) is 5.20. The van der Waals surface area contributed by atoms with Crippen LogP contribution in [0.15, 0.2) is 18.3 Å². The van der Waals surface area contributed by atoms with Gasteiger partial charge in [0.15, 0.2) is 0 Å². The van der Waals surface area contributed by atoms with Crippen molar-refractivity contribution in [2.45, 2.75) is 25.4 Å². The topological polar surface area (TPSA) is 31.4 Å². The Morgan fingerprint density at radius 1 is 1.53 bits per heavy atom. The van der Waals surface area contributed by atoms with Gasteiger partial charge in [0.25, 0.3) is 0 Å². The zero-order valence-electron chi connectivity index (χ0n) is 8.49. The molecule has 0 aliphatic carbocycles. The van der Waals surface area contributed by atoms with Crippen molar-refractivity contribution >= 4 is 11.6 Å². The Balaban J connectivity index is 1.71. The Morgan fingerprint density at radius 2 is 2.47 bits per heavy atom. The molecule has 1 aromatic heterocycles. The number of pyridine rings is 1. The van der Waals surface area contributed by atoms with Gasteiger partial charge in [-0.1, -0.05) is 11.6 Å². The first-order chi connectivity index (χ1) is 7.34. The Morgan fingerprint density at radius 3 is 3.13 bits per heavy atom. The van der Waals surface area contributed by atoms with E-state index in [2.05, 4.69) is 4.98 Å². The van der Waals surface area contributed by atoms with E-state index in [4.69, 9.17) is 21.1 Å². The summed E-state index contributed by atoms with van der Waals surface area (Å²) < 4.78 is 11.0. The van der Waals surface area contributed by atoms with E-state index in [-0.39, 0.29) is 0 Å². The van der Waals surface area contributed by atoms with Gasteiger partial charge in [0, 0.05) is 13.0 Å². The molecule has 0 aromatic carbocycles. The van der Waals surface area contributed by atoms with Gasteiger partial charge in [0.2, 0.25) is 0 Å². The lowest BCUT2D eigenvalue weighted by Gasteiger charge is -2.10. The molecule has 1 aliphatic heterocycles. The third kappa shape index (κ3) is 3.36. The highest BCUT2D eigenvalue weighted by molar-refractivity contribution is 6.29. The van der Waals surface area contributed by atoms with Crippen LogP contribution in [0.3, 0.4) is 0 Å². The predicted molar refractivity (Wildman–Crippen MR) is 58.3 cm³/mol. The van der Waals surface area contributed by atoms with Gasteiger partial charge < -0.3 is 9.47 Å². The van der Waals surface area contributed by atoms with E-state index >= 15 is 0 Å². The summed E-state index contributed by atoms with van der Waals surface area (Å²) in [5.41, 5.74) is 0. The summed E-state index contributed by atoms with van der Waals surface area (Å²) in [5, 5.41) is 0.487. The molecule has 15 heavy (non-hydrogen) atoms. The van der Waals surface area contributed by atoms with Gasteiger partial charge in [0.05, 0.1) is 18.9 Å². The number of halogens is 1. The van der Waals surface area contributed by atoms with Crippen LogP contribution in [-0.4, -0.2) is 24.3 Å². The highest BCUT2D eigenvalue weighted by Crippen LogP contribution is 2.17. The van der Waals surface area contributed by atoms with E-state index in [1.807, 2.05) is 6.07 Å². The maximum absolute atomic E-state index is 5.66. The zero-order chi connectivity index (χ0) is 10.5. The molecule has 4 heteroatoms. The third-order valence-corrected chi connectivity index (χ3v) is 2.66. The highest BCUT2D eigenvalue weighted by Gasteiger charge is 2.14. The number of aromatic nitrogens is 1. The van der Waals surface area contributed by atoms with Crippen molar-refractivity contribution in [3.05, 3.63) is 23.5 Å². The smallest absolute Gasteiger partial charge is 0.137 e. The quantitative estimate of drug-likeness (QED) is 0.742. The van der Waals surface area contributed by atoms with Crippen LogP contribution >= 0.6 is 11.6 Å². The number of rotatable bonds is 4. The molecule has 82 valence electrons. The second-order valence-corrected chi connectivity index (χ2v) is 3.98. The minimum absolute atomic E-state index is 0.380. The number of hydrogen-bond acceptors (Lipinski definition) is 3. The summed E-state index contributed by atoms with van der Waals surface area (Å²) in [6, 6.07) is 3.55. The molecule has 3 nitrogen and oxygen atoms in total. The summed E-state index contributed by atoms with van der Waals surface area (Å²) >= 11 is 5.66. The van der Waals surface area contributed by atoms with Crippen molar-refractivity contribution in [2.24, 2.45) is 0 Å². The maximum atomic E-state index is 5.66. The maximum Gasteiger partial charge on any atom is 0.137 e. The van der Waals surface area contributed by atoms with Crippen molar-refractivity contribution in [1.29, 1.82) is 0 Å². The second kappa shape index (κ2) is 5.33. The molecule has 0 N–H and O–H groups in total. The molecule has 0 radical (unpaired) electrons. The van der Waals surface area contributed by atoms with E-state index < -0.39 is 0 Å². The molecular formula is C11H14ClNO2. The van der Waals surface area contributed by atoms with Crippen molar-refractivity contribution in [3.63, 3.8) is 0 Å². The molecule has 0 spiro atoms. The monoisotopic (exact) mass is 227 g/mol. The molecule has 0 amide bonds. The van der Waals surface area contributed by atoms with Gasteiger partial charge in [0.1, 0.15) is 10.9 Å². The first kappa shape index (κ1) is 10.7. The van der Waals surface area contributed by atoms with Crippen LogP contribution in [0, 0.1) is 0 Å². The summed E-state index contributed by atoms with van der Waals surface area (Å²) in [4.78, 5) is 3.94. The van der Waals surface area contributed by atoms with E-state index in [1.54, 1.807) is 12.3 Å². The van der Waals surface area contributed by atoms with Crippen LogP contribution < -0.4 is 4.74 Å². The van der Waals surface area contributed by atoms with E-state index in [1.165, 1.54) is 6.42 Å². The van der Waals surface area contributed by atoms with Crippen molar-refractivity contribution < 1.29 is 9.47 Å². The lowest BCUT2D eigenvalue weighted by molar-refractivity contribution is 0.0903. The Kier molecular flexibility index (Phi) is 3.80. The lowest BCUT2D eigenvalue weighted by Crippen LogP contribution is -2.10. The molecule has 1 fully saturated rings. The van der Waals surface area contributed by atoms with Crippen LogP contribution in [0.2, 0.25) is 5.15 Å². The lowest BCUT2D eigenvalue weighted by atomic mass is 10.2. The van der Waals surface area contributed by atoms with Crippen LogP contribution in [0.4, 0.5) is 0 Å². The molecule has 1 unspecified atom stereocenters. The van der Waals surface area contributed by atoms with Gasteiger partial charge in [-0.3, -0.25) is 0 Å². The molecule has 1 aliphatic rings. The van der Waals surface area contributed by atoms with Crippen molar-refractivity contribution in [2.75, 3.05) is 13.2 Å². The second-order valence-electron chi connectivity index (χ2n) is 3.59. The van der Waals surface area contributed by atoms with Crippen molar-refractivity contribution in [3.8, 4) is 5.75 Å². The fourth-order valence-corrected chi connectivity index (χ4v) is 1.74. The van der Waals surface area contributed by atoms with Gasteiger partial charge in [-0.05, 0) is 25.0 Å². The Bertz CT molecular complexity index is 296. The Hall–Kier alpha value is -0.800. The molecule has 1 saturated heterocycles. The number of hydrogen-bond donors (Lipinski definition) is 0. The molecule has 0 saturated carbocycles. The average Bonchev–Trinajstić information content (AvgIpc) is 2.74. The molecule has 2 heterocycles. The van der Waals surface area contributed by atoms with E-state index in [0.29, 0.717) is 17.9 Å². The van der Waals surface area contributed by atoms with E-state index in [0.717, 1.165) is 25.2 Å². The first-order valence-corrected chi connectivity index (χ1v) is 5.58. The molecule has 1 aromatic rings. The Labute approximate surface area is 94.4 Å². The summed E-state index contributed by atoms with van der Waals surface area (Å²) in [7, 11) is 0. The molecule has 2 rings (SSSR count). The summed E-state index contributed by atoms with van der Waals surface area (Å²) in [6.07, 6.45) is 5.29. The third-order valence-electron chi connectivity index (χ3n) is 2.43. The molecule has 1 atom stereocenters. The minimum Gasteiger partial charge on any atom is -0.492 e. The van der Waals surface area contributed by atoms with Crippen LogP contribution in [-0.2, 0) is 4.74 Å². The zero-order valence-corrected chi connectivity index (χ0v) is 9.24. The van der Waals surface area contributed by atoms with Crippen molar-refractivity contribution in [1.82, 2.24) is 4.98 Å². The van der Waals surface area contributed by atoms with Gasteiger partial charge in [-0.2, -0.15) is 0 Å². The SMILES string of the molecule is Clc1ccc(OCCC2CCCO2)cn1. The number of nitrogens with zero attached hydrogens (tertiary/aromatic N) is 1. The van der Waals surface area contributed by atoms with E-state index in [9.17, 15) is 0 Å². The van der Waals surface area contributed by atoms with Gasteiger partial charge in [-0.25, -0.2) is 4.98 Å². The largest absolute Gasteiger partial charge is 0.492 e. The van der Waals surface area contributed by atoms with Crippen LogP contribution in [0.1, 0.15) is 19.3 Å². The summed E-state index contributed by atoms with van der Waals surface area (Å²) in [6.45, 7) is 1.57. The number of ether oxygens (including phenoxy) is 2.